The average Bonchev–Trinajstić information content (AvgIpc) is 1.99. The number of ether oxygens (including phenoxy) is 1. The zero-order chi connectivity index (χ0) is 8.91. The van der Waals surface area contributed by atoms with Gasteiger partial charge in [0.2, 0.25) is 0 Å². The second-order valence-electron chi connectivity index (χ2n) is 2.64. The fraction of sp³-hybridized carbons (Fsp3) is 0.857. The van der Waals surface area contributed by atoms with Crippen molar-refractivity contribution < 1.29 is 9.53 Å². The molecule has 66 valence electrons. The van der Waals surface area contributed by atoms with Gasteiger partial charge in [0.05, 0.1) is 7.11 Å². The van der Waals surface area contributed by atoms with Crippen molar-refractivity contribution in [3.63, 3.8) is 0 Å². The van der Waals surface area contributed by atoms with Crippen LogP contribution in [0.5, 0.6) is 0 Å². The van der Waals surface area contributed by atoms with Gasteiger partial charge in [0.25, 0.3) is 0 Å². The van der Waals surface area contributed by atoms with Crippen molar-refractivity contribution in [1.82, 2.24) is 0 Å². The monoisotopic (exact) mass is 160 g/mol. The lowest BCUT2D eigenvalue weighted by Gasteiger charge is -2.20. The molecule has 0 saturated carbocycles. The Kier molecular flexibility index (Phi) is 4.07. The number of esters is 1. The molecule has 0 aliphatic carbocycles. The van der Waals surface area contributed by atoms with Crippen LogP contribution in [0, 0.1) is 0 Å². The van der Waals surface area contributed by atoms with E-state index in [1.807, 2.05) is 6.92 Å². The van der Waals surface area contributed by atoms with Gasteiger partial charge in [-0.25, -0.2) is 4.79 Å². The van der Waals surface area contributed by atoms with Crippen molar-refractivity contribution in [1.29, 1.82) is 0 Å². The SMILES string of the molecule is CCCCC(N)(N)C(=O)OC. The Morgan fingerprint density at radius 1 is 1.55 bits per heavy atom. The van der Waals surface area contributed by atoms with Crippen LogP contribution in [0.4, 0.5) is 0 Å². The van der Waals surface area contributed by atoms with Gasteiger partial charge in [-0.2, -0.15) is 0 Å². The summed E-state index contributed by atoms with van der Waals surface area (Å²) in [6.45, 7) is 2.01. The Labute approximate surface area is 66.9 Å². The van der Waals surface area contributed by atoms with Gasteiger partial charge in [-0.05, 0) is 12.8 Å². The summed E-state index contributed by atoms with van der Waals surface area (Å²) < 4.78 is 4.42. The first-order valence-electron chi connectivity index (χ1n) is 3.70. The van der Waals surface area contributed by atoms with E-state index in [2.05, 4.69) is 4.74 Å². The van der Waals surface area contributed by atoms with Gasteiger partial charge in [0.15, 0.2) is 5.66 Å². The van der Waals surface area contributed by atoms with Crippen LogP contribution in [-0.4, -0.2) is 18.7 Å². The Hall–Kier alpha value is -0.610. The van der Waals surface area contributed by atoms with Gasteiger partial charge in [-0.15, -0.1) is 0 Å². The number of methoxy groups -OCH3 is 1. The predicted molar refractivity (Wildman–Crippen MR) is 42.6 cm³/mol. The summed E-state index contributed by atoms with van der Waals surface area (Å²) in [6, 6.07) is 0. The quantitative estimate of drug-likeness (QED) is 0.447. The van der Waals surface area contributed by atoms with Gasteiger partial charge in [0, 0.05) is 0 Å². The molecule has 0 saturated heterocycles. The van der Waals surface area contributed by atoms with Crippen LogP contribution < -0.4 is 11.5 Å². The molecule has 0 bridgehead atoms. The topological polar surface area (TPSA) is 78.3 Å². The van der Waals surface area contributed by atoms with Gasteiger partial charge in [-0.1, -0.05) is 13.3 Å². The summed E-state index contributed by atoms with van der Waals surface area (Å²) in [5.74, 6) is -0.550. The molecule has 4 N–H and O–H groups in total. The molecule has 0 radical (unpaired) electrons. The third kappa shape index (κ3) is 3.34. The van der Waals surface area contributed by atoms with Gasteiger partial charge < -0.3 is 16.2 Å². The second-order valence-corrected chi connectivity index (χ2v) is 2.64. The minimum Gasteiger partial charge on any atom is -0.467 e. The molecule has 11 heavy (non-hydrogen) atoms. The average molecular weight is 160 g/mol. The van der Waals surface area contributed by atoms with Gasteiger partial charge in [-0.3, -0.25) is 0 Å². The number of nitrogens with two attached hydrogens (primary N) is 2. The molecule has 0 aliphatic heterocycles. The van der Waals surface area contributed by atoms with Crippen molar-refractivity contribution in [3.05, 3.63) is 0 Å². The number of carbonyl (C=O) groups excluding carboxylic acids is 1. The van der Waals surface area contributed by atoms with Crippen LogP contribution >= 0.6 is 0 Å². The van der Waals surface area contributed by atoms with Crippen LogP contribution in [0.25, 0.3) is 0 Å². The van der Waals surface area contributed by atoms with E-state index < -0.39 is 11.6 Å². The Morgan fingerprint density at radius 3 is 2.45 bits per heavy atom. The predicted octanol–water partition coefficient (Wildman–Crippen LogP) is -0.0367. The van der Waals surface area contributed by atoms with Crippen LogP contribution in [0.15, 0.2) is 0 Å². The second kappa shape index (κ2) is 4.31. The van der Waals surface area contributed by atoms with Crippen LogP contribution in [0.2, 0.25) is 0 Å². The van der Waals surface area contributed by atoms with E-state index in [9.17, 15) is 4.79 Å². The first-order valence-corrected chi connectivity index (χ1v) is 3.70. The maximum absolute atomic E-state index is 10.9. The zero-order valence-corrected chi connectivity index (χ0v) is 7.09. The highest BCUT2D eigenvalue weighted by atomic mass is 16.5. The number of hydrogen-bond acceptors (Lipinski definition) is 4. The molecule has 0 aromatic carbocycles. The molecule has 0 atom stereocenters. The molecular formula is C7H16N2O2. The van der Waals surface area contributed by atoms with Gasteiger partial charge in [0.1, 0.15) is 0 Å². The summed E-state index contributed by atoms with van der Waals surface area (Å²) in [7, 11) is 1.28. The number of carbonyl (C=O) groups is 1. The Balaban J connectivity index is 3.88. The van der Waals surface area contributed by atoms with E-state index in [4.69, 9.17) is 11.5 Å². The fourth-order valence-electron chi connectivity index (χ4n) is 0.761. The normalized spacial score (nSPS) is 11.3. The van der Waals surface area contributed by atoms with E-state index in [1.54, 1.807) is 0 Å². The third-order valence-corrected chi connectivity index (χ3v) is 1.51. The first kappa shape index (κ1) is 10.4. The Morgan fingerprint density at radius 2 is 2.09 bits per heavy atom. The van der Waals surface area contributed by atoms with E-state index in [0.717, 1.165) is 12.8 Å². The molecular weight excluding hydrogens is 144 g/mol. The number of rotatable bonds is 4. The molecule has 0 rings (SSSR count). The molecule has 0 unspecified atom stereocenters. The Bertz CT molecular complexity index is 134. The molecule has 0 aromatic rings. The molecule has 0 aliphatic rings. The number of unbranched alkanes of at least 4 members (excludes halogenated alkanes) is 1. The summed E-state index contributed by atoms with van der Waals surface area (Å²) in [6.07, 6.45) is 2.27. The minimum atomic E-state index is -1.30. The highest BCUT2D eigenvalue weighted by Gasteiger charge is 2.28. The molecule has 4 heteroatoms. The van der Waals surface area contributed by atoms with Crippen LogP contribution in [-0.2, 0) is 9.53 Å². The highest BCUT2D eigenvalue weighted by Crippen LogP contribution is 2.06. The van der Waals surface area contributed by atoms with E-state index in [0.29, 0.717) is 6.42 Å². The molecule has 0 aromatic heterocycles. The lowest BCUT2D eigenvalue weighted by Crippen LogP contribution is -2.56. The van der Waals surface area contributed by atoms with Crippen molar-refractivity contribution in [2.24, 2.45) is 11.5 Å². The number of hydrogen-bond donors (Lipinski definition) is 2. The molecule has 0 fully saturated rings. The lowest BCUT2D eigenvalue weighted by molar-refractivity contribution is -0.147. The summed E-state index contributed by atoms with van der Waals surface area (Å²) in [5.41, 5.74) is 9.62. The van der Waals surface area contributed by atoms with Gasteiger partial charge >= 0.3 is 5.97 Å². The smallest absolute Gasteiger partial charge is 0.340 e. The third-order valence-electron chi connectivity index (χ3n) is 1.51. The maximum Gasteiger partial charge on any atom is 0.340 e. The largest absolute Gasteiger partial charge is 0.467 e. The molecule has 0 spiro atoms. The van der Waals surface area contributed by atoms with Crippen molar-refractivity contribution in [2.75, 3.05) is 7.11 Å². The van der Waals surface area contributed by atoms with Crippen LogP contribution in [0.1, 0.15) is 26.2 Å². The van der Waals surface area contributed by atoms with Crippen LogP contribution in [0.3, 0.4) is 0 Å². The highest BCUT2D eigenvalue weighted by molar-refractivity contribution is 5.79. The lowest BCUT2D eigenvalue weighted by atomic mass is 10.1. The molecule has 0 amide bonds. The zero-order valence-electron chi connectivity index (χ0n) is 7.09. The summed E-state index contributed by atoms with van der Waals surface area (Å²) >= 11 is 0. The molecule has 4 nitrogen and oxygen atoms in total. The molecule has 0 heterocycles. The first-order chi connectivity index (χ1) is 5.04. The summed E-state index contributed by atoms with van der Waals surface area (Å²) in [5, 5.41) is 0. The van der Waals surface area contributed by atoms with E-state index >= 15 is 0 Å². The maximum atomic E-state index is 10.9. The minimum absolute atomic E-state index is 0.468. The van der Waals surface area contributed by atoms with Crippen molar-refractivity contribution in [3.8, 4) is 0 Å². The van der Waals surface area contributed by atoms with E-state index in [1.165, 1.54) is 7.11 Å². The van der Waals surface area contributed by atoms with Crippen molar-refractivity contribution >= 4 is 5.97 Å². The fourth-order valence-corrected chi connectivity index (χ4v) is 0.761. The van der Waals surface area contributed by atoms with Crippen molar-refractivity contribution in [2.45, 2.75) is 31.8 Å². The summed E-state index contributed by atoms with van der Waals surface area (Å²) in [4.78, 5) is 10.9. The van der Waals surface area contributed by atoms with E-state index in [-0.39, 0.29) is 0 Å². The standard InChI is InChI=1S/C7H16N2O2/c1-3-4-5-7(8,9)6(10)11-2/h3-5,8-9H2,1-2H3.